The molecule has 0 aliphatic heterocycles. The van der Waals surface area contributed by atoms with Gasteiger partial charge in [-0.2, -0.15) is 0 Å². The van der Waals surface area contributed by atoms with E-state index in [1.54, 1.807) is 18.2 Å². The van der Waals surface area contributed by atoms with Crippen LogP contribution in [0.3, 0.4) is 0 Å². The maximum Gasteiger partial charge on any atom is 0.338 e. The molecule has 2 aromatic carbocycles. The lowest BCUT2D eigenvalue weighted by molar-refractivity contribution is -0.119. The van der Waals surface area contributed by atoms with Crippen molar-refractivity contribution < 1.29 is 23.8 Å². The van der Waals surface area contributed by atoms with Gasteiger partial charge in [-0.25, -0.2) is 4.79 Å². The molecule has 1 amide bonds. The topological polar surface area (TPSA) is 73.9 Å². The van der Waals surface area contributed by atoms with Gasteiger partial charge in [0.2, 0.25) is 0 Å². The van der Waals surface area contributed by atoms with E-state index in [0.717, 1.165) is 16.8 Å². The second-order valence-corrected chi connectivity index (χ2v) is 8.12. The Morgan fingerprint density at radius 1 is 1.00 bits per heavy atom. The van der Waals surface area contributed by atoms with Crippen LogP contribution < -0.4 is 14.8 Å². The largest absolute Gasteiger partial charge is 0.490 e. The number of hydrogen-bond donors (Lipinski definition) is 1. The predicted molar refractivity (Wildman–Crippen MR) is 122 cm³/mol. The van der Waals surface area contributed by atoms with Crippen molar-refractivity contribution in [2.75, 3.05) is 25.1 Å². The smallest absolute Gasteiger partial charge is 0.338 e. The van der Waals surface area contributed by atoms with E-state index in [0.29, 0.717) is 36.2 Å². The third-order valence-corrected chi connectivity index (χ3v) is 4.58. The maximum atomic E-state index is 12.5. The van der Waals surface area contributed by atoms with Gasteiger partial charge in [-0.15, -0.1) is 0 Å². The molecule has 31 heavy (non-hydrogen) atoms. The molecule has 1 N–H and O–H groups in total. The van der Waals surface area contributed by atoms with Crippen molar-refractivity contribution >= 4 is 17.6 Å². The minimum Gasteiger partial charge on any atom is -0.490 e. The van der Waals surface area contributed by atoms with Gasteiger partial charge in [-0.3, -0.25) is 4.79 Å². The van der Waals surface area contributed by atoms with E-state index >= 15 is 0 Å². The Hall–Kier alpha value is -3.02. The Morgan fingerprint density at radius 3 is 2.39 bits per heavy atom. The molecule has 168 valence electrons. The van der Waals surface area contributed by atoms with Crippen LogP contribution in [0.1, 0.15) is 62.0 Å². The summed E-state index contributed by atoms with van der Waals surface area (Å²) in [6, 6.07) is 10.8. The van der Waals surface area contributed by atoms with Crippen LogP contribution in [0.4, 0.5) is 5.69 Å². The first-order chi connectivity index (χ1) is 14.7. The summed E-state index contributed by atoms with van der Waals surface area (Å²) in [5.41, 5.74) is 3.07. The van der Waals surface area contributed by atoms with Crippen LogP contribution in [0.5, 0.6) is 11.5 Å². The minimum absolute atomic E-state index is 0.256. The number of hydrogen-bond acceptors (Lipinski definition) is 5. The van der Waals surface area contributed by atoms with Gasteiger partial charge in [0.05, 0.1) is 18.8 Å². The summed E-state index contributed by atoms with van der Waals surface area (Å²) >= 11 is 0. The van der Waals surface area contributed by atoms with E-state index in [9.17, 15) is 9.59 Å². The fourth-order valence-corrected chi connectivity index (χ4v) is 3.01. The summed E-state index contributed by atoms with van der Waals surface area (Å²) in [6.07, 6.45) is 0. The predicted octanol–water partition coefficient (Wildman–Crippen LogP) is 5.35. The van der Waals surface area contributed by atoms with Crippen molar-refractivity contribution in [3.05, 3.63) is 53.1 Å². The molecule has 0 aromatic heterocycles. The normalized spacial score (nSPS) is 10.8. The summed E-state index contributed by atoms with van der Waals surface area (Å²) in [5.74, 6) is 0.689. The number of ether oxygens (including phenoxy) is 3. The van der Waals surface area contributed by atoms with Gasteiger partial charge in [0.25, 0.3) is 5.91 Å². The van der Waals surface area contributed by atoms with Crippen LogP contribution in [-0.2, 0) is 9.53 Å². The number of rotatable bonds is 10. The van der Waals surface area contributed by atoms with Gasteiger partial charge in [0, 0.05) is 5.69 Å². The van der Waals surface area contributed by atoms with Gasteiger partial charge in [0.15, 0.2) is 18.1 Å². The lowest BCUT2D eigenvalue weighted by Crippen LogP contribution is -2.22. The van der Waals surface area contributed by atoms with Crippen molar-refractivity contribution in [3.8, 4) is 11.5 Å². The fourth-order valence-electron chi connectivity index (χ4n) is 3.01. The zero-order valence-corrected chi connectivity index (χ0v) is 19.3. The van der Waals surface area contributed by atoms with E-state index in [2.05, 4.69) is 33.0 Å². The Morgan fingerprint density at radius 2 is 1.74 bits per heavy atom. The molecule has 0 saturated heterocycles. The second kappa shape index (κ2) is 11.4. The first-order valence-electron chi connectivity index (χ1n) is 10.7. The third kappa shape index (κ3) is 7.02. The van der Waals surface area contributed by atoms with E-state index in [-0.39, 0.29) is 18.4 Å². The summed E-state index contributed by atoms with van der Waals surface area (Å²) < 4.78 is 16.6. The summed E-state index contributed by atoms with van der Waals surface area (Å²) in [5, 5.41) is 2.87. The Labute approximate surface area is 184 Å². The summed E-state index contributed by atoms with van der Waals surface area (Å²) in [4.78, 5) is 24.9. The SMILES string of the molecule is CCOc1cc(C(=O)OCC(=O)Nc2c(C)cccc2C(C)C)ccc1OCC(C)C. The van der Waals surface area contributed by atoms with Gasteiger partial charge in [-0.05, 0) is 55.0 Å². The van der Waals surface area contributed by atoms with Gasteiger partial charge in [-0.1, -0.05) is 45.9 Å². The number of carbonyl (C=O) groups is 2. The monoisotopic (exact) mass is 427 g/mol. The number of aryl methyl sites for hydroxylation is 1. The number of esters is 1. The lowest BCUT2D eigenvalue weighted by Gasteiger charge is -2.16. The average molecular weight is 428 g/mol. The number of carbonyl (C=O) groups excluding carboxylic acids is 2. The van der Waals surface area contributed by atoms with Crippen LogP contribution in [0.25, 0.3) is 0 Å². The Balaban J connectivity index is 2.04. The molecule has 0 heterocycles. The number of amides is 1. The van der Waals surface area contributed by atoms with Crippen molar-refractivity contribution in [3.63, 3.8) is 0 Å². The third-order valence-electron chi connectivity index (χ3n) is 4.58. The molecule has 0 bridgehead atoms. The highest BCUT2D eigenvalue weighted by Crippen LogP contribution is 2.30. The van der Waals surface area contributed by atoms with Crippen molar-refractivity contribution in [1.29, 1.82) is 0 Å². The van der Waals surface area contributed by atoms with E-state index < -0.39 is 5.97 Å². The van der Waals surface area contributed by atoms with Gasteiger partial charge in [0.1, 0.15) is 0 Å². The molecular formula is C25H33NO5. The van der Waals surface area contributed by atoms with E-state index in [1.165, 1.54) is 0 Å². The maximum absolute atomic E-state index is 12.5. The molecule has 0 aliphatic rings. The van der Waals surface area contributed by atoms with Crippen LogP contribution in [0, 0.1) is 12.8 Å². The van der Waals surface area contributed by atoms with E-state index in [1.807, 2.05) is 32.0 Å². The van der Waals surface area contributed by atoms with Crippen LogP contribution in [0.15, 0.2) is 36.4 Å². The lowest BCUT2D eigenvalue weighted by atomic mass is 9.98. The van der Waals surface area contributed by atoms with Crippen LogP contribution >= 0.6 is 0 Å². The van der Waals surface area contributed by atoms with Gasteiger partial charge < -0.3 is 19.5 Å². The molecule has 0 atom stereocenters. The summed E-state index contributed by atoms with van der Waals surface area (Å²) in [7, 11) is 0. The zero-order valence-electron chi connectivity index (χ0n) is 19.3. The molecule has 0 unspecified atom stereocenters. The zero-order chi connectivity index (χ0) is 23.0. The number of nitrogens with one attached hydrogen (secondary N) is 1. The second-order valence-electron chi connectivity index (χ2n) is 8.12. The van der Waals surface area contributed by atoms with Crippen LogP contribution in [-0.4, -0.2) is 31.7 Å². The highest BCUT2D eigenvalue weighted by molar-refractivity contribution is 5.96. The first-order valence-corrected chi connectivity index (χ1v) is 10.7. The van der Waals surface area contributed by atoms with Crippen molar-refractivity contribution in [1.82, 2.24) is 0 Å². The van der Waals surface area contributed by atoms with Crippen LogP contribution in [0.2, 0.25) is 0 Å². The molecule has 6 heteroatoms. The highest BCUT2D eigenvalue weighted by Gasteiger charge is 2.16. The number of para-hydroxylation sites is 1. The fraction of sp³-hybridized carbons (Fsp3) is 0.440. The first kappa shape index (κ1) is 24.3. The number of benzene rings is 2. The molecule has 0 saturated carbocycles. The molecule has 2 aromatic rings. The molecule has 0 aliphatic carbocycles. The number of anilines is 1. The molecule has 0 fully saturated rings. The quantitative estimate of drug-likeness (QED) is 0.518. The molecular weight excluding hydrogens is 394 g/mol. The Bertz CT molecular complexity index is 905. The molecule has 0 radical (unpaired) electrons. The minimum atomic E-state index is -0.597. The standard InChI is InChI=1S/C25H33NO5/c1-7-29-22-13-19(11-12-21(22)30-14-16(2)3)25(28)31-15-23(27)26-24-18(6)9-8-10-20(24)17(4)5/h8-13,16-17H,7,14-15H2,1-6H3,(H,26,27). The van der Waals surface area contributed by atoms with Gasteiger partial charge >= 0.3 is 5.97 Å². The Kier molecular flexibility index (Phi) is 8.91. The van der Waals surface area contributed by atoms with Crippen molar-refractivity contribution in [2.24, 2.45) is 5.92 Å². The molecule has 2 rings (SSSR count). The highest BCUT2D eigenvalue weighted by atomic mass is 16.5. The molecule has 6 nitrogen and oxygen atoms in total. The van der Waals surface area contributed by atoms with Crippen molar-refractivity contribution in [2.45, 2.75) is 47.5 Å². The average Bonchev–Trinajstić information content (AvgIpc) is 2.72. The van der Waals surface area contributed by atoms with E-state index in [4.69, 9.17) is 14.2 Å². The molecule has 0 spiro atoms. The summed E-state index contributed by atoms with van der Waals surface area (Å²) in [6.45, 7) is 12.6.